The highest BCUT2D eigenvalue weighted by atomic mass is 35.5. The fourth-order valence-corrected chi connectivity index (χ4v) is 2.70. The van der Waals surface area contributed by atoms with E-state index in [9.17, 15) is 5.11 Å². The molecule has 0 aliphatic carbocycles. The van der Waals surface area contributed by atoms with Crippen molar-refractivity contribution in [3.8, 4) is 0 Å². The van der Waals surface area contributed by atoms with Gasteiger partial charge < -0.3 is 5.11 Å². The largest absolute Gasteiger partial charge is 0.388 e. The molecule has 1 atom stereocenters. The van der Waals surface area contributed by atoms with Crippen LogP contribution in [0.25, 0.3) is 0 Å². The Kier molecular flexibility index (Phi) is 5.02. The molecule has 20 heavy (non-hydrogen) atoms. The molecule has 1 N–H and O–H groups in total. The van der Waals surface area contributed by atoms with Gasteiger partial charge >= 0.3 is 0 Å². The first-order chi connectivity index (χ1) is 9.49. The van der Waals surface area contributed by atoms with Crippen molar-refractivity contribution in [2.75, 3.05) is 0 Å². The van der Waals surface area contributed by atoms with Crippen LogP contribution in [0.1, 0.15) is 31.3 Å². The first-order valence-electron chi connectivity index (χ1n) is 6.47. The van der Waals surface area contributed by atoms with E-state index in [0.29, 0.717) is 27.9 Å². The van der Waals surface area contributed by atoms with Crippen LogP contribution in [0, 0.1) is 5.92 Å². The first kappa shape index (κ1) is 15.3. The van der Waals surface area contributed by atoms with Crippen molar-refractivity contribution in [1.82, 2.24) is 14.8 Å². The van der Waals surface area contributed by atoms with Crippen molar-refractivity contribution in [3.05, 3.63) is 46.0 Å². The lowest BCUT2D eigenvalue weighted by Gasteiger charge is -2.15. The Morgan fingerprint density at radius 3 is 2.50 bits per heavy atom. The van der Waals surface area contributed by atoms with Gasteiger partial charge in [-0.05, 0) is 18.1 Å². The van der Waals surface area contributed by atoms with Crippen molar-refractivity contribution in [1.29, 1.82) is 0 Å². The number of aromatic nitrogens is 3. The van der Waals surface area contributed by atoms with Gasteiger partial charge in [-0.15, -0.1) is 0 Å². The van der Waals surface area contributed by atoms with E-state index in [2.05, 4.69) is 23.9 Å². The summed E-state index contributed by atoms with van der Waals surface area (Å²) >= 11 is 12.2. The molecule has 0 spiro atoms. The summed E-state index contributed by atoms with van der Waals surface area (Å²) < 4.78 is 1.80. The Balaban J connectivity index is 2.20. The lowest BCUT2D eigenvalue weighted by Crippen LogP contribution is -2.13. The third-order valence-corrected chi connectivity index (χ3v) is 3.60. The van der Waals surface area contributed by atoms with Crippen LogP contribution in [0.5, 0.6) is 0 Å². The summed E-state index contributed by atoms with van der Waals surface area (Å²) in [6.45, 7) is 4.97. The second kappa shape index (κ2) is 6.57. The van der Waals surface area contributed by atoms with Gasteiger partial charge in [0, 0.05) is 28.6 Å². The number of nitrogens with zero attached hydrogens (tertiary/aromatic N) is 3. The van der Waals surface area contributed by atoms with Gasteiger partial charge in [0.15, 0.2) is 0 Å². The van der Waals surface area contributed by atoms with Crippen molar-refractivity contribution in [2.45, 2.75) is 32.9 Å². The lowest BCUT2D eigenvalue weighted by molar-refractivity contribution is 0.173. The van der Waals surface area contributed by atoms with Gasteiger partial charge in [0.2, 0.25) is 0 Å². The molecule has 4 nitrogen and oxygen atoms in total. The molecule has 108 valence electrons. The van der Waals surface area contributed by atoms with Crippen LogP contribution in [-0.2, 0) is 13.0 Å². The van der Waals surface area contributed by atoms with E-state index in [1.807, 2.05) is 0 Å². The fourth-order valence-electron chi connectivity index (χ4n) is 2.05. The number of rotatable bonds is 5. The topological polar surface area (TPSA) is 50.9 Å². The summed E-state index contributed by atoms with van der Waals surface area (Å²) in [5.41, 5.74) is 0.537. The Labute approximate surface area is 128 Å². The number of benzene rings is 1. The number of aliphatic hydroxyl groups excluding tert-OH is 1. The van der Waals surface area contributed by atoms with Gasteiger partial charge in [0.1, 0.15) is 12.2 Å². The fraction of sp³-hybridized carbons (Fsp3) is 0.429. The van der Waals surface area contributed by atoms with Gasteiger partial charge in [-0.1, -0.05) is 43.1 Å². The molecule has 2 rings (SSSR count). The van der Waals surface area contributed by atoms with E-state index < -0.39 is 6.10 Å². The zero-order valence-corrected chi connectivity index (χ0v) is 12.9. The van der Waals surface area contributed by atoms with E-state index >= 15 is 0 Å². The molecule has 1 aromatic heterocycles. The standard InChI is InChI=1S/C14H17Cl2N3O/c1-9(2)7-19-13(17-8-18-19)6-12(20)14-10(15)4-3-5-11(14)16/h3-5,8-9,12,20H,6-7H2,1-2H3. The van der Waals surface area contributed by atoms with E-state index in [0.717, 1.165) is 12.4 Å². The minimum absolute atomic E-state index is 0.330. The molecule has 0 saturated carbocycles. The maximum absolute atomic E-state index is 10.4. The summed E-state index contributed by atoms with van der Waals surface area (Å²) in [4.78, 5) is 4.20. The van der Waals surface area contributed by atoms with Gasteiger partial charge in [-0.2, -0.15) is 5.10 Å². The second-order valence-corrected chi connectivity index (χ2v) is 5.92. The van der Waals surface area contributed by atoms with Crippen LogP contribution >= 0.6 is 23.2 Å². The summed E-state index contributed by atoms with van der Waals surface area (Å²) in [7, 11) is 0. The van der Waals surface area contributed by atoms with E-state index in [1.54, 1.807) is 22.9 Å². The van der Waals surface area contributed by atoms with Crippen LogP contribution in [-0.4, -0.2) is 19.9 Å². The van der Waals surface area contributed by atoms with E-state index in [-0.39, 0.29) is 0 Å². The molecule has 0 saturated heterocycles. The zero-order valence-electron chi connectivity index (χ0n) is 11.4. The monoisotopic (exact) mass is 313 g/mol. The van der Waals surface area contributed by atoms with Crippen LogP contribution in [0.4, 0.5) is 0 Å². The molecule has 0 aliphatic rings. The number of halogens is 2. The molecule has 1 unspecified atom stereocenters. The lowest BCUT2D eigenvalue weighted by atomic mass is 10.1. The zero-order chi connectivity index (χ0) is 14.7. The van der Waals surface area contributed by atoms with Gasteiger partial charge in [0.05, 0.1) is 6.10 Å². The molecule has 0 aliphatic heterocycles. The van der Waals surface area contributed by atoms with Gasteiger partial charge in [0.25, 0.3) is 0 Å². The molecular weight excluding hydrogens is 297 g/mol. The molecule has 0 radical (unpaired) electrons. The minimum atomic E-state index is -0.800. The van der Waals surface area contributed by atoms with Crippen molar-refractivity contribution in [2.24, 2.45) is 5.92 Å². The van der Waals surface area contributed by atoms with Crippen molar-refractivity contribution >= 4 is 23.2 Å². The highest BCUT2D eigenvalue weighted by Gasteiger charge is 2.18. The highest BCUT2D eigenvalue weighted by molar-refractivity contribution is 6.36. The van der Waals surface area contributed by atoms with Crippen molar-refractivity contribution < 1.29 is 5.11 Å². The molecule has 6 heteroatoms. The SMILES string of the molecule is CC(C)Cn1ncnc1CC(O)c1c(Cl)cccc1Cl. The Hall–Kier alpha value is -1.10. The van der Waals surface area contributed by atoms with Crippen molar-refractivity contribution in [3.63, 3.8) is 0 Å². The molecule has 1 heterocycles. The quantitative estimate of drug-likeness (QED) is 0.919. The average Bonchev–Trinajstić information content (AvgIpc) is 2.75. The molecule has 2 aromatic rings. The van der Waals surface area contributed by atoms with E-state index in [4.69, 9.17) is 23.2 Å². The normalized spacial score (nSPS) is 12.9. The molecular formula is C14H17Cl2N3O. The highest BCUT2D eigenvalue weighted by Crippen LogP contribution is 2.31. The number of aliphatic hydroxyl groups is 1. The van der Waals surface area contributed by atoms with Gasteiger partial charge in [-0.25, -0.2) is 9.67 Å². The molecule has 0 amide bonds. The third-order valence-electron chi connectivity index (χ3n) is 2.94. The number of hydrogen-bond acceptors (Lipinski definition) is 3. The summed E-state index contributed by atoms with van der Waals surface area (Å²) in [5.74, 6) is 1.18. The van der Waals surface area contributed by atoms with Gasteiger partial charge in [-0.3, -0.25) is 0 Å². The number of hydrogen-bond donors (Lipinski definition) is 1. The second-order valence-electron chi connectivity index (χ2n) is 5.11. The Bertz CT molecular complexity index is 563. The predicted molar refractivity (Wildman–Crippen MR) is 80.0 cm³/mol. The summed E-state index contributed by atoms with van der Waals surface area (Å²) in [5, 5.41) is 15.5. The Morgan fingerprint density at radius 1 is 1.25 bits per heavy atom. The summed E-state index contributed by atoms with van der Waals surface area (Å²) in [6, 6.07) is 5.18. The molecule has 1 aromatic carbocycles. The Morgan fingerprint density at radius 2 is 1.90 bits per heavy atom. The van der Waals surface area contributed by atoms with Crippen LogP contribution in [0.3, 0.4) is 0 Å². The van der Waals surface area contributed by atoms with Crippen LogP contribution < -0.4 is 0 Å². The minimum Gasteiger partial charge on any atom is -0.388 e. The predicted octanol–water partition coefficient (Wildman–Crippen LogP) is 3.52. The average molecular weight is 314 g/mol. The molecule has 0 fully saturated rings. The van der Waals surface area contributed by atoms with E-state index in [1.165, 1.54) is 6.33 Å². The molecule has 0 bridgehead atoms. The maximum Gasteiger partial charge on any atom is 0.138 e. The smallest absolute Gasteiger partial charge is 0.138 e. The van der Waals surface area contributed by atoms with Crippen LogP contribution in [0.15, 0.2) is 24.5 Å². The van der Waals surface area contributed by atoms with Crippen LogP contribution in [0.2, 0.25) is 10.0 Å². The third kappa shape index (κ3) is 3.51. The summed E-state index contributed by atoms with van der Waals surface area (Å²) in [6.07, 6.45) is 1.03. The maximum atomic E-state index is 10.4. The first-order valence-corrected chi connectivity index (χ1v) is 7.23.